The zero-order valence-electron chi connectivity index (χ0n) is 7.43. The molecule has 0 saturated carbocycles. The van der Waals surface area contributed by atoms with Crippen LogP contribution < -0.4 is 0 Å². The van der Waals surface area contributed by atoms with Gasteiger partial charge in [-0.15, -0.1) is 0 Å². The van der Waals surface area contributed by atoms with Gasteiger partial charge in [0.2, 0.25) is 0 Å². The summed E-state index contributed by atoms with van der Waals surface area (Å²) in [7, 11) is 0. The van der Waals surface area contributed by atoms with Gasteiger partial charge in [0.25, 0.3) is 0 Å². The molecule has 82 valence electrons. The van der Waals surface area contributed by atoms with Crippen molar-refractivity contribution < 1.29 is 23.8 Å². The minimum absolute atomic E-state index is 0.0585. The third-order valence-corrected chi connectivity index (χ3v) is 2.55. The SMILES string of the molecule is O=C(O)CCc1cc(F)c(F)c(Br)c1O. The van der Waals surface area contributed by atoms with Gasteiger partial charge in [0.05, 0.1) is 4.47 Å². The second kappa shape index (κ2) is 4.57. The quantitative estimate of drug-likeness (QED) is 0.837. The van der Waals surface area contributed by atoms with E-state index in [0.29, 0.717) is 0 Å². The summed E-state index contributed by atoms with van der Waals surface area (Å²) >= 11 is 2.68. The van der Waals surface area contributed by atoms with E-state index in [1.807, 2.05) is 0 Å². The largest absolute Gasteiger partial charge is 0.506 e. The average Bonchev–Trinajstić information content (AvgIpc) is 2.18. The standard InChI is InChI=1S/C9H7BrF2O3/c10-7-8(12)5(11)3-4(9(7)15)1-2-6(13)14/h3,15H,1-2H2,(H,13,14). The van der Waals surface area contributed by atoms with E-state index in [9.17, 15) is 18.7 Å². The molecular formula is C9H7BrF2O3. The summed E-state index contributed by atoms with van der Waals surface area (Å²) in [5.74, 6) is -3.85. The molecule has 1 aromatic rings. The number of aliphatic carboxylic acids is 1. The second-order valence-electron chi connectivity index (χ2n) is 2.89. The molecule has 0 amide bonds. The number of carboxylic acids is 1. The Kier molecular flexibility index (Phi) is 3.62. The van der Waals surface area contributed by atoms with Gasteiger partial charge in [-0.25, -0.2) is 8.78 Å². The Morgan fingerprint density at radius 1 is 1.47 bits per heavy atom. The van der Waals surface area contributed by atoms with E-state index in [1.165, 1.54) is 0 Å². The molecule has 0 fully saturated rings. The van der Waals surface area contributed by atoms with Gasteiger partial charge in [-0.2, -0.15) is 0 Å². The summed E-state index contributed by atoms with van der Waals surface area (Å²) < 4.78 is 25.4. The highest BCUT2D eigenvalue weighted by Crippen LogP contribution is 2.32. The first-order valence-corrected chi connectivity index (χ1v) is 4.80. The number of phenols is 1. The van der Waals surface area contributed by atoms with Crippen molar-refractivity contribution in [3.63, 3.8) is 0 Å². The lowest BCUT2D eigenvalue weighted by atomic mass is 10.1. The monoisotopic (exact) mass is 280 g/mol. The second-order valence-corrected chi connectivity index (χ2v) is 3.68. The van der Waals surface area contributed by atoms with Gasteiger partial charge in [-0.05, 0) is 34.0 Å². The van der Waals surface area contributed by atoms with Crippen LogP contribution in [0.1, 0.15) is 12.0 Å². The Labute approximate surface area is 92.5 Å². The van der Waals surface area contributed by atoms with E-state index in [-0.39, 0.29) is 22.9 Å². The first-order valence-electron chi connectivity index (χ1n) is 4.00. The normalized spacial score (nSPS) is 10.3. The number of halogens is 3. The molecule has 0 saturated heterocycles. The van der Waals surface area contributed by atoms with E-state index < -0.39 is 23.4 Å². The summed E-state index contributed by atoms with van der Waals surface area (Å²) in [6, 6.07) is 0.790. The van der Waals surface area contributed by atoms with Gasteiger partial charge in [-0.1, -0.05) is 0 Å². The molecule has 0 aromatic heterocycles. The van der Waals surface area contributed by atoms with Crippen molar-refractivity contribution in [3.05, 3.63) is 27.7 Å². The number of aryl methyl sites for hydroxylation is 1. The van der Waals surface area contributed by atoms with Crippen LogP contribution in [0.25, 0.3) is 0 Å². The van der Waals surface area contributed by atoms with Gasteiger partial charge < -0.3 is 10.2 Å². The van der Waals surface area contributed by atoms with Crippen LogP contribution in [0, 0.1) is 11.6 Å². The van der Waals surface area contributed by atoms with Crippen molar-refractivity contribution >= 4 is 21.9 Å². The zero-order chi connectivity index (χ0) is 11.6. The number of hydrogen-bond donors (Lipinski definition) is 2. The van der Waals surface area contributed by atoms with Crippen LogP contribution in [0.2, 0.25) is 0 Å². The van der Waals surface area contributed by atoms with Crippen LogP contribution in [0.15, 0.2) is 10.5 Å². The minimum atomic E-state index is -1.19. The highest BCUT2D eigenvalue weighted by molar-refractivity contribution is 9.10. The predicted molar refractivity (Wildman–Crippen MR) is 51.7 cm³/mol. The topological polar surface area (TPSA) is 57.5 Å². The van der Waals surface area contributed by atoms with Crippen molar-refractivity contribution in [3.8, 4) is 5.75 Å². The lowest BCUT2D eigenvalue weighted by molar-refractivity contribution is -0.136. The molecular weight excluding hydrogens is 274 g/mol. The Bertz CT molecular complexity index is 407. The first kappa shape index (κ1) is 11.9. The Balaban J connectivity index is 3.04. The van der Waals surface area contributed by atoms with Crippen LogP contribution in [-0.4, -0.2) is 16.2 Å². The summed E-state index contributed by atoms with van der Waals surface area (Å²) in [5, 5.41) is 17.8. The number of hydrogen-bond acceptors (Lipinski definition) is 2. The molecule has 0 bridgehead atoms. The average molecular weight is 281 g/mol. The van der Waals surface area contributed by atoms with Crippen molar-refractivity contribution in [2.24, 2.45) is 0 Å². The molecule has 6 heteroatoms. The fourth-order valence-electron chi connectivity index (χ4n) is 1.07. The third kappa shape index (κ3) is 2.65. The predicted octanol–water partition coefficient (Wildman–Crippen LogP) is 2.45. The lowest BCUT2D eigenvalue weighted by Gasteiger charge is -2.06. The maximum atomic E-state index is 12.9. The van der Waals surface area contributed by atoms with E-state index >= 15 is 0 Å². The molecule has 0 aliphatic heterocycles. The smallest absolute Gasteiger partial charge is 0.303 e. The zero-order valence-corrected chi connectivity index (χ0v) is 9.01. The fraction of sp³-hybridized carbons (Fsp3) is 0.222. The molecule has 0 atom stereocenters. The molecule has 0 aliphatic rings. The molecule has 2 N–H and O–H groups in total. The number of carbonyl (C=O) groups is 1. The van der Waals surface area contributed by atoms with Crippen LogP contribution in [-0.2, 0) is 11.2 Å². The van der Waals surface area contributed by atoms with Crippen molar-refractivity contribution in [1.29, 1.82) is 0 Å². The summed E-state index contributed by atoms with van der Waals surface area (Å²) in [4.78, 5) is 10.3. The molecule has 0 aliphatic carbocycles. The lowest BCUT2D eigenvalue weighted by Crippen LogP contribution is -1.99. The number of benzene rings is 1. The highest BCUT2D eigenvalue weighted by atomic mass is 79.9. The molecule has 0 unspecified atom stereocenters. The first-order chi connectivity index (χ1) is 6.93. The number of carboxylic acid groups (broad SMARTS) is 1. The third-order valence-electron chi connectivity index (χ3n) is 1.82. The molecule has 1 rings (SSSR count). The maximum Gasteiger partial charge on any atom is 0.303 e. The number of rotatable bonds is 3. The Morgan fingerprint density at radius 3 is 2.60 bits per heavy atom. The summed E-state index contributed by atoms with van der Waals surface area (Å²) in [6.45, 7) is 0. The Morgan fingerprint density at radius 2 is 2.07 bits per heavy atom. The maximum absolute atomic E-state index is 12.9. The van der Waals surface area contributed by atoms with Gasteiger partial charge in [0.1, 0.15) is 5.75 Å². The van der Waals surface area contributed by atoms with E-state index in [4.69, 9.17) is 5.11 Å². The van der Waals surface area contributed by atoms with Crippen LogP contribution >= 0.6 is 15.9 Å². The molecule has 15 heavy (non-hydrogen) atoms. The van der Waals surface area contributed by atoms with Gasteiger partial charge >= 0.3 is 5.97 Å². The van der Waals surface area contributed by atoms with Crippen LogP contribution in [0.4, 0.5) is 8.78 Å². The van der Waals surface area contributed by atoms with Gasteiger partial charge in [0.15, 0.2) is 11.6 Å². The molecule has 3 nitrogen and oxygen atoms in total. The van der Waals surface area contributed by atoms with E-state index in [1.54, 1.807) is 0 Å². The molecule has 0 spiro atoms. The highest BCUT2D eigenvalue weighted by Gasteiger charge is 2.16. The van der Waals surface area contributed by atoms with Crippen molar-refractivity contribution in [2.45, 2.75) is 12.8 Å². The van der Waals surface area contributed by atoms with Crippen LogP contribution in [0.3, 0.4) is 0 Å². The molecule has 1 aromatic carbocycles. The molecule has 0 heterocycles. The fourth-order valence-corrected chi connectivity index (χ4v) is 1.51. The van der Waals surface area contributed by atoms with Crippen LogP contribution in [0.5, 0.6) is 5.75 Å². The Hall–Kier alpha value is -1.17. The summed E-state index contributed by atoms with van der Waals surface area (Å²) in [6.07, 6.45) is -0.317. The number of phenolic OH excluding ortho intramolecular Hbond substituents is 1. The van der Waals surface area contributed by atoms with Crippen molar-refractivity contribution in [2.75, 3.05) is 0 Å². The van der Waals surface area contributed by atoms with Gasteiger partial charge in [0, 0.05) is 6.42 Å². The van der Waals surface area contributed by atoms with E-state index in [0.717, 1.165) is 6.07 Å². The van der Waals surface area contributed by atoms with E-state index in [2.05, 4.69) is 15.9 Å². The molecule has 0 radical (unpaired) electrons. The van der Waals surface area contributed by atoms with Gasteiger partial charge in [-0.3, -0.25) is 4.79 Å². The number of aromatic hydroxyl groups is 1. The van der Waals surface area contributed by atoms with Crippen molar-refractivity contribution in [1.82, 2.24) is 0 Å². The summed E-state index contributed by atoms with van der Waals surface area (Å²) in [5.41, 5.74) is 0.0585. The minimum Gasteiger partial charge on any atom is -0.506 e.